The number of nitrogens with zero attached hydrogens (tertiary/aromatic N) is 1. The Balaban J connectivity index is 1.88. The SMILES string of the molecule is CCN(Cc1ccc(Cl)s1)C(=O)CCc1ccsc1. The summed E-state index contributed by atoms with van der Waals surface area (Å²) in [6, 6.07) is 5.94. The molecule has 2 nitrogen and oxygen atoms in total. The normalized spacial score (nSPS) is 10.6. The van der Waals surface area contributed by atoms with Crippen LogP contribution in [0.5, 0.6) is 0 Å². The minimum atomic E-state index is 0.207. The Hall–Kier alpha value is -0.840. The smallest absolute Gasteiger partial charge is 0.223 e. The molecule has 0 N–H and O–H groups in total. The highest BCUT2D eigenvalue weighted by Gasteiger charge is 2.13. The van der Waals surface area contributed by atoms with Gasteiger partial charge < -0.3 is 4.90 Å². The molecule has 0 aliphatic heterocycles. The Bertz CT molecular complexity index is 521. The van der Waals surface area contributed by atoms with Crippen molar-refractivity contribution in [3.8, 4) is 0 Å². The third kappa shape index (κ3) is 4.34. The summed E-state index contributed by atoms with van der Waals surface area (Å²) in [4.78, 5) is 15.2. The Morgan fingerprint density at radius 2 is 2.21 bits per heavy atom. The van der Waals surface area contributed by atoms with Crippen molar-refractivity contribution in [2.75, 3.05) is 6.54 Å². The molecule has 0 aliphatic carbocycles. The number of amides is 1. The molecule has 0 aromatic carbocycles. The van der Waals surface area contributed by atoms with E-state index in [9.17, 15) is 4.79 Å². The van der Waals surface area contributed by atoms with Gasteiger partial charge in [-0.05, 0) is 47.9 Å². The lowest BCUT2D eigenvalue weighted by atomic mass is 10.2. The summed E-state index contributed by atoms with van der Waals surface area (Å²) in [7, 11) is 0. The summed E-state index contributed by atoms with van der Waals surface area (Å²) < 4.78 is 0.775. The monoisotopic (exact) mass is 313 g/mol. The van der Waals surface area contributed by atoms with Crippen LogP contribution in [0, 0.1) is 0 Å². The highest BCUT2D eigenvalue weighted by molar-refractivity contribution is 7.16. The van der Waals surface area contributed by atoms with E-state index in [1.165, 1.54) is 16.9 Å². The first-order valence-electron chi connectivity index (χ1n) is 6.22. The summed E-state index contributed by atoms with van der Waals surface area (Å²) in [5.41, 5.74) is 1.24. The second kappa shape index (κ2) is 7.08. The van der Waals surface area contributed by atoms with Gasteiger partial charge in [-0.1, -0.05) is 11.6 Å². The summed E-state index contributed by atoms with van der Waals surface area (Å²) in [6.45, 7) is 3.41. The zero-order valence-corrected chi connectivity index (χ0v) is 13.2. The van der Waals surface area contributed by atoms with Gasteiger partial charge in [-0.3, -0.25) is 4.79 Å². The molecule has 1 amide bonds. The maximum Gasteiger partial charge on any atom is 0.223 e. The van der Waals surface area contributed by atoms with Gasteiger partial charge in [-0.2, -0.15) is 11.3 Å². The summed E-state index contributed by atoms with van der Waals surface area (Å²) in [6.07, 6.45) is 1.40. The van der Waals surface area contributed by atoms with Gasteiger partial charge in [0.15, 0.2) is 0 Å². The number of hydrogen-bond donors (Lipinski definition) is 0. The van der Waals surface area contributed by atoms with E-state index in [0.29, 0.717) is 13.0 Å². The van der Waals surface area contributed by atoms with Crippen LogP contribution in [0.25, 0.3) is 0 Å². The number of carbonyl (C=O) groups is 1. The lowest BCUT2D eigenvalue weighted by Gasteiger charge is -2.20. The van der Waals surface area contributed by atoms with Gasteiger partial charge >= 0.3 is 0 Å². The molecule has 0 bridgehead atoms. The average molecular weight is 314 g/mol. The van der Waals surface area contributed by atoms with E-state index in [4.69, 9.17) is 11.6 Å². The zero-order chi connectivity index (χ0) is 13.7. The molecule has 102 valence electrons. The third-order valence-electron chi connectivity index (χ3n) is 2.92. The first kappa shape index (κ1) is 14.6. The fraction of sp³-hybridized carbons (Fsp3) is 0.357. The predicted molar refractivity (Wildman–Crippen MR) is 83.1 cm³/mol. The summed E-state index contributed by atoms with van der Waals surface area (Å²) in [5, 5.41) is 4.15. The topological polar surface area (TPSA) is 20.3 Å². The summed E-state index contributed by atoms with van der Waals surface area (Å²) in [5.74, 6) is 0.207. The second-order valence-electron chi connectivity index (χ2n) is 4.25. The van der Waals surface area contributed by atoms with Crippen LogP contribution in [0.2, 0.25) is 4.34 Å². The van der Waals surface area contributed by atoms with Crippen LogP contribution >= 0.6 is 34.3 Å². The van der Waals surface area contributed by atoms with E-state index in [-0.39, 0.29) is 5.91 Å². The largest absolute Gasteiger partial charge is 0.338 e. The quantitative estimate of drug-likeness (QED) is 0.772. The number of halogens is 1. The van der Waals surface area contributed by atoms with Crippen LogP contribution in [0.4, 0.5) is 0 Å². The maximum absolute atomic E-state index is 12.2. The number of carbonyl (C=O) groups excluding carboxylic acids is 1. The van der Waals surface area contributed by atoms with Crippen molar-refractivity contribution in [1.82, 2.24) is 4.90 Å². The molecule has 0 atom stereocenters. The first-order chi connectivity index (χ1) is 9.19. The minimum absolute atomic E-state index is 0.207. The van der Waals surface area contributed by atoms with Gasteiger partial charge in [0.05, 0.1) is 10.9 Å². The highest BCUT2D eigenvalue weighted by Crippen LogP contribution is 2.23. The van der Waals surface area contributed by atoms with Crippen LogP contribution in [0.3, 0.4) is 0 Å². The number of hydrogen-bond acceptors (Lipinski definition) is 3. The van der Waals surface area contributed by atoms with Gasteiger partial charge in [-0.25, -0.2) is 0 Å². The molecule has 0 unspecified atom stereocenters. The molecule has 2 rings (SSSR count). The van der Waals surface area contributed by atoms with E-state index in [0.717, 1.165) is 22.2 Å². The van der Waals surface area contributed by atoms with Crippen molar-refractivity contribution in [3.05, 3.63) is 43.7 Å². The van der Waals surface area contributed by atoms with Crippen LogP contribution in [-0.2, 0) is 17.8 Å². The molecule has 2 aromatic rings. The van der Waals surface area contributed by atoms with Crippen LogP contribution in [-0.4, -0.2) is 17.4 Å². The van der Waals surface area contributed by atoms with Crippen molar-refractivity contribution in [1.29, 1.82) is 0 Å². The Labute approximate surface area is 126 Å². The fourth-order valence-electron chi connectivity index (χ4n) is 1.85. The van der Waals surface area contributed by atoms with Gasteiger partial charge in [0, 0.05) is 17.8 Å². The highest BCUT2D eigenvalue weighted by atomic mass is 35.5. The third-order valence-corrected chi connectivity index (χ3v) is 4.87. The number of rotatable bonds is 6. The molecule has 0 fully saturated rings. The lowest BCUT2D eigenvalue weighted by molar-refractivity contribution is -0.131. The van der Waals surface area contributed by atoms with E-state index < -0.39 is 0 Å². The van der Waals surface area contributed by atoms with Crippen molar-refractivity contribution in [3.63, 3.8) is 0 Å². The molecule has 0 saturated carbocycles. The summed E-state index contributed by atoms with van der Waals surface area (Å²) >= 11 is 9.12. The maximum atomic E-state index is 12.2. The second-order valence-corrected chi connectivity index (χ2v) is 6.83. The van der Waals surface area contributed by atoms with E-state index in [2.05, 4.69) is 11.4 Å². The molecule has 19 heavy (non-hydrogen) atoms. The Kier molecular flexibility index (Phi) is 5.43. The first-order valence-corrected chi connectivity index (χ1v) is 8.36. The van der Waals surface area contributed by atoms with Crippen LogP contribution in [0.1, 0.15) is 23.8 Å². The van der Waals surface area contributed by atoms with Crippen molar-refractivity contribution >= 4 is 40.2 Å². The Morgan fingerprint density at radius 1 is 1.37 bits per heavy atom. The lowest BCUT2D eigenvalue weighted by Crippen LogP contribution is -2.30. The molecule has 0 spiro atoms. The van der Waals surface area contributed by atoms with E-state index >= 15 is 0 Å². The van der Waals surface area contributed by atoms with Gasteiger partial charge in [-0.15, -0.1) is 11.3 Å². The molecule has 0 saturated heterocycles. The Morgan fingerprint density at radius 3 is 2.79 bits per heavy atom. The molecule has 0 radical (unpaired) electrons. The predicted octanol–water partition coefficient (Wildman–Crippen LogP) is 4.44. The minimum Gasteiger partial charge on any atom is -0.338 e. The zero-order valence-electron chi connectivity index (χ0n) is 10.8. The van der Waals surface area contributed by atoms with E-state index in [1.807, 2.05) is 29.3 Å². The van der Waals surface area contributed by atoms with Crippen LogP contribution < -0.4 is 0 Å². The number of thiophene rings is 2. The molecular formula is C14H16ClNOS2. The van der Waals surface area contributed by atoms with Crippen LogP contribution in [0.15, 0.2) is 29.0 Å². The van der Waals surface area contributed by atoms with Crippen molar-refractivity contribution in [2.45, 2.75) is 26.3 Å². The van der Waals surface area contributed by atoms with E-state index in [1.54, 1.807) is 11.3 Å². The average Bonchev–Trinajstić information content (AvgIpc) is 3.04. The molecule has 2 aromatic heterocycles. The fourth-order valence-corrected chi connectivity index (χ4v) is 3.65. The van der Waals surface area contributed by atoms with Gasteiger partial charge in [0.1, 0.15) is 0 Å². The van der Waals surface area contributed by atoms with Crippen molar-refractivity contribution < 1.29 is 4.79 Å². The van der Waals surface area contributed by atoms with Crippen molar-refractivity contribution in [2.24, 2.45) is 0 Å². The molecular weight excluding hydrogens is 298 g/mol. The van der Waals surface area contributed by atoms with Gasteiger partial charge in [0.25, 0.3) is 0 Å². The number of aryl methyl sites for hydroxylation is 1. The standard InChI is InChI=1S/C14H16ClNOS2/c1-2-16(9-12-4-5-13(15)19-12)14(17)6-3-11-7-8-18-10-11/h4-5,7-8,10H,2-3,6,9H2,1H3. The van der Waals surface area contributed by atoms with Gasteiger partial charge in [0.2, 0.25) is 5.91 Å². The molecule has 2 heterocycles. The molecule has 0 aliphatic rings. The molecule has 5 heteroatoms.